The number of ether oxygens (including phenoxy) is 1. The van der Waals surface area contributed by atoms with Gasteiger partial charge in [0.05, 0.1) is 25.2 Å². The molecule has 7 nitrogen and oxygen atoms in total. The molecule has 0 bridgehead atoms. The lowest BCUT2D eigenvalue weighted by Gasteiger charge is -2.35. The average Bonchev–Trinajstić information content (AvgIpc) is 2.55. The Morgan fingerprint density at radius 1 is 1.54 bits per heavy atom. The number of amides is 2. The van der Waals surface area contributed by atoms with Gasteiger partial charge in [-0.2, -0.15) is 0 Å². The van der Waals surface area contributed by atoms with Crippen LogP contribution in [0.4, 0.5) is 0 Å². The van der Waals surface area contributed by atoms with E-state index >= 15 is 0 Å². The normalized spacial score (nSPS) is 18.3. The molecule has 0 aromatic carbocycles. The number of hydrogen-bond donors (Lipinski definition) is 2. The van der Waals surface area contributed by atoms with Crippen LogP contribution in [0.25, 0.3) is 0 Å². The van der Waals surface area contributed by atoms with Crippen molar-refractivity contribution in [3.05, 3.63) is 24.5 Å². The second-order valence-corrected chi connectivity index (χ2v) is 6.29. The van der Waals surface area contributed by atoms with Crippen LogP contribution in [-0.4, -0.2) is 60.5 Å². The van der Waals surface area contributed by atoms with Crippen LogP contribution < -0.4 is 15.4 Å². The monoisotopic (exact) mass is 334 g/mol. The summed E-state index contributed by atoms with van der Waals surface area (Å²) in [6.45, 7) is 7.22. The van der Waals surface area contributed by atoms with E-state index in [-0.39, 0.29) is 24.3 Å². The van der Waals surface area contributed by atoms with Crippen molar-refractivity contribution in [1.29, 1.82) is 0 Å². The third kappa shape index (κ3) is 5.81. The van der Waals surface area contributed by atoms with Gasteiger partial charge < -0.3 is 15.4 Å². The minimum atomic E-state index is -0.389. The van der Waals surface area contributed by atoms with E-state index in [0.29, 0.717) is 31.4 Å². The van der Waals surface area contributed by atoms with Crippen molar-refractivity contribution in [1.82, 2.24) is 20.5 Å². The third-order valence-corrected chi connectivity index (χ3v) is 3.75. The summed E-state index contributed by atoms with van der Waals surface area (Å²) in [5, 5.41) is 5.64. The Morgan fingerprint density at radius 3 is 3.08 bits per heavy atom. The molecule has 0 saturated carbocycles. The van der Waals surface area contributed by atoms with Crippen molar-refractivity contribution in [3.8, 4) is 5.75 Å². The Balaban J connectivity index is 1.74. The standard InChI is InChI=1S/C17H26N4O3/c1-13(2)12-21-8-6-20-17(23)15(21)10-16(22)19-7-9-24-14-4-3-5-18-11-14/h3-5,11,13,15H,6-10,12H2,1-2H3,(H,19,22)(H,20,23)/t15-/m0/s1. The van der Waals surface area contributed by atoms with Gasteiger partial charge in [0, 0.05) is 25.8 Å². The predicted molar refractivity (Wildman–Crippen MR) is 90.6 cm³/mol. The maximum atomic E-state index is 12.1. The zero-order chi connectivity index (χ0) is 17.4. The molecule has 132 valence electrons. The first-order chi connectivity index (χ1) is 11.6. The van der Waals surface area contributed by atoms with Crippen LogP contribution in [-0.2, 0) is 9.59 Å². The molecule has 1 aromatic rings. The first-order valence-corrected chi connectivity index (χ1v) is 8.37. The average molecular weight is 334 g/mol. The Bertz CT molecular complexity index is 536. The minimum absolute atomic E-state index is 0.0661. The highest BCUT2D eigenvalue weighted by Gasteiger charge is 2.31. The summed E-state index contributed by atoms with van der Waals surface area (Å²) >= 11 is 0. The Labute approximate surface area is 142 Å². The van der Waals surface area contributed by atoms with Gasteiger partial charge in [0.2, 0.25) is 11.8 Å². The van der Waals surface area contributed by atoms with E-state index in [4.69, 9.17) is 4.74 Å². The van der Waals surface area contributed by atoms with Crippen LogP contribution in [0.1, 0.15) is 20.3 Å². The molecule has 1 atom stereocenters. The lowest BCUT2D eigenvalue weighted by atomic mass is 10.1. The third-order valence-electron chi connectivity index (χ3n) is 3.75. The van der Waals surface area contributed by atoms with Crippen molar-refractivity contribution in [3.63, 3.8) is 0 Å². The van der Waals surface area contributed by atoms with E-state index in [9.17, 15) is 9.59 Å². The number of pyridine rings is 1. The van der Waals surface area contributed by atoms with Crippen LogP contribution in [0.15, 0.2) is 24.5 Å². The zero-order valence-corrected chi connectivity index (χ0v) is 14.3. The Hall–Kier alpha value is -2.15. The van der Waals surface area contributed by atoms with Gasteiger partial charge in [-0.1, -0.05) is 13.8 Å². The fraction of sp³-hybridized carbons (Fsp3) is 0.588. The zero-order valence-electron chi connectivity index (χ0n) is 14.3. The van der Waals surface area contributed by atoms with Gasteiger partial charge in [0.1, 0.15) is 12.4 Å². The van der Waals surface area contributed by atoms with Gasteiger partial charge in [-0.05, 0) is 18.1 Å². The van der Waals surface area contributed by atoms with E-state index in [2.05, 4.69) is 34.4 Å². The molecule has 1 aliphatic rings. The molecule has 2 N–H and O–H groups in total. The van der Waals surface area contributed by atoms with E-state index < -0.39 is 0 Å². The number of carbonyl (C=O) groups is 2. The smallest absolute Gasteiger partial charge is 0.237 e. The number of carbonyl (C=O) groups excluding carboxylic acids is 2. The summed E-state index contributed by atoms with van der Waals surface area (Å²) in [5.41, 5.74) is 0. The number of aromatic nitrogens is 1. The molecule has 0 spiro atoms. The van der Waals surface area contributed by atoms with E-state index in [1.165, 1.54) is 0 Å². The van der Waals surface area contributed by atoms with Crippen molar-refractivity contribution >= 4 is 11.8 Å². The number of piperazine rings is 1. The molecule has 1 fully saturated rings. The van der Waals surface area contributed by atoms with Crippen molar-refractivity contribution in [2.75, 3.05) is 32.8 Å². The van der Waals surface area contributed by atoms with Crippen molar-refractivity contribution in [2.45, 2.75) is 26.3 Å². The van der Waals surface area contributed by atoms with Crippen molar-refractivity contribution in [2.24, 2.45) is 5.92 Å². The van der Waals surface area contributed by atoms with Gasteiger partial charge in [0.25, 0.3) is 0 Å². The molecule has 0 aliphatic carbocycles. The second kappa shape index (κ2) is 9.22. The second-order valence-electron chi connectivity index (χ2n) is 6.29. The Kier molecular flexibility index (Phi) is 6.99. The van der Waals surface area contributed by atoms with Crippen molar-refractivity contribution < 1.29 is 14.3 Å². The molecule has 1 aromatic heterocycles. The summed E-state index contributed by atoms with van der Waals surface area (Å²) in [6.07, 6.45) is 3.47. The lowest BCUT2D eigenvalue weighted by molar-refractivity contribution is -0.134. The summed E-state index contributed by atoms with van der Waals surface area (Å²) < 4.78 is 5.47. The SMILES string of the molecule is CC(C)CN1CCNC(=O)[C@@H]1CC(=O)NCCOc1cccnc1. The first kappa shape index (κ1) is 18.2. The topological polar surface area (TPSA) is 83.6 Å². The van der Waals surface area contributed by atoms with Crippen LogP contribution in [0.3, 0.4) is 0 Å². The molecular formula is C17H26N4O3. The number of hydrogen-bond acceptors (Lipinski definition) is 5. The van der Waals surface area contributed by atoms with Crippen LogP contribution >= 0.6 is 0 Å². The molecular weight excluding hydrogens is 308 g/mol. The highest BCUT2D eigenvalue weighted by Crippen LogP contribution is 2.11. The Morgan fingerprint density at radius 2 is 2.38 bits per heavy atom. The van der Waals surface area contributed by atoms with E-state index in [0.717, 1.165) is 13.1 Å². The van der Waals surface area contributed by atoms with Gasteiger partial charge in [-0.3, -0.25) is 19.5 Å². The number of nitrogens with one attached hydrogen (secondary N) is 2. The summed E-state index contributed by atoms with van der Waals surface area (Å²) in [6, 6.07) is 3.21. The summed E-state index contributed by atoms with van der Waals surface area (Å²) in [4.78, 5) is 30.2. The minimum Gasteiger partial charge on any atom is -0.490 e. The molecule has 2 heterocycles. The van der Waals surface area contributed by atoms with E-state index in [1.54, 1.807) is 18.5 Å². The molecule has 0 unspecified atom stereocenters. The molecule has 2 rings (SSSR count). The highest BCUT2D eigenvalue weighted by molar-refractivity contribution is 5.88. The fourth-order valence-electron chi connectivity index (χ4n) is 2.71. The quantitative estimate of drug-likeness (QED) is 0.673. The van der Waals surface area contributed by atoms with Gasteiger partial charge in [0.15, 0.2) is 0 Å². The number of rotatable bonds is 8. The summed E-state index contributed by atoms with van der Waals surface area (Å²) in [5.74, 6) is 0.917. The first-order valence-electron chi connectivity index (χ1n) is 8.37. The molecule has 2 amide bonds. The lowest BCUT2D eigenvalue weighted by Crippen LogP contribution is -2.57. The van der Waals surface area contributed by atoms with Gasteiger partial charge in [-0.15, -0.1) is 0 Å². The summed E-state index contributed by atoms with van der Waals surface area (Å²) in [7, 11) is 0. The molecule has 1 saturated heterocycles. The maximum Gasteiger partial charge on any atom is 0.237 e. The van der Waals surface area contributed by atoms with Crippen LogP contribution in [0, 0.1) is 5.92 Å². The largest absolute Gasteiger partial charge is 0.490 e. The molecule has 7 heteroatoms. The molecule has 24 heavy (non-hydrogen) atoms. The molecule has 0 radical (unpaired) electrons. The maximum absolute atomic E-state index is 12.1. The molecule has 1 aliphatic heterocycles. The van der Waals surface area contributed by atoms with Crippen LogP contribution in [0.2, 0.25) is 0 Å². The van der Waals surface area contributed by atoms with Gasteiger partial charge >= 0.3 is 0 Å². The predicted octanol–water partition coefficient (Wildman–Crippen LogP) is 0.423. The number of nitrogens with zero attached hydrogens (tertiary/aromatic N) is 2. The van der Waals surface area contributed by atoms with Gasteiger partial charge in [-0.25, -0.2) is 0 Å². The fourth-order valence-corrected chi connectivity index (χ4v) is 2.71. The van der Waals surface area contributed by atoms with Crippen LogP contribution in [0.5, 0.6) is 5.75 Å². The highest BCUT2D eigenvalue weighted by atomic mass is 16.5. The van der Waals surface area contributed by atoms with E-state index in [1.807, 2.05) is 6.07 Å².